The van der Waals surface area contributed by atoms with Crippen LogP contribution in [0.4, 0.5) is 0 Å². The van der Waals surface area contributed by atoms with E-state index in [1.165, 1.54) is 0 Å². The number of hydrogen-bond acceptors (Lipinski definition) is 2. The lowest BCUT2D eigenvalue weighted by Gasteiger charge is -1.93. The summed E-state index contributed by atoms with van der Waals surface area (Å²) in [4.78, 5) is 0. The summed E-state index contributed by atoms with van der Waals surface area (Å²) in [5.74, 6) is 1.69. The van der Waals surface area contributed by atoms with E-state index in [9.17, 15) is 0 Å². The summed E-state index contributed by atoms with van der Waals surface area (Å²) >= 11 is 0. The van der Waals surface area contributed by atoms with Crippen LogP contribution in [0.15, 0.2) is 48.8 Å². The molecule has 3 rings (SSSR count). The lowest BCUT2D eigenvalue weighted by atomic mass is 9.97. The molecule has 0 N–H and O–H groups in total. The van der Waals surface area contributed by atoms with E-state index >= 15 is 0 Å². The highest BCUT2D eigenvalue weighted by molar-refractivity contribution is 6.45. The molecule has 0 saturated heterocycles. The van der Waals surface area contributed by atoms with Crippen molar-refractivity contribution >= 4 is 7.12 Å². The number of nitrogens with zero attached hydrogens (tertiary/aromatic N) is 1. The zero-order chi connectivity index (χ0) is 11.4. The Morgan fingerprint density at radius 3 is 1.81 bits per heavy atom. The van der Waals surface area contributed by atoms with E-state index in [1.807, 2.05) is 67.2 Å². The molecule has 0 bridgehead atoms. The maximum Gasteiger partial charge on any atom is 0.591 e. The lowest BCUT2D eigenvalue weighted by molar-refractivity contribution is 0.510. The fourth-order valence-corrected chi connectivity index (χ4v) is 1.45. The Morgan fingerprint density at radius 1 is 0.938 bits per heavy atom. The Kier molecular flexibility index (Phi) is 3.20. The minimum Gasteiger partial charge on any atom is -0.523 e. The van der Waals surface area contributed by atoms with Gasteiger partial charge in [-0.1, -0.05) is 12.1 Å². The normalized spacial score (nSPS) is 12.0. The summed E-state index contributed by atoms with van der Waals surface area (Å²) in [5, 5.41) is 0. The maximum atomic E-state index is 5.28. The van der Waals surface area contributed by atoms with Gasteiger partial charge in [0.05, 0.1) is 0 Å². The second-order valence-electron chi connectivity index (χ2n) is 3.60. The molecular formula is C12H14BNO2. The molecule has 82 valence electrons. The Balaban J connectivity index is 0.000000138. The third kappa shape index (κ3) is 2.60. The zero-order valence-electron chi connectivity index (χ0n) is 9.46. The molecule has 0 unspecified atom stereocenters. The Hall–Kier alpha value is -1.84. The molecule has 0 spiro atoms. The van der Waals surface area contributed by atoms with Crippen molar-refractivity contribution in [3.05, 3.63) is 48.8 Å². The van der Waals surface area contributed by atoms with Crippen LogP contribution in [0.25, 0.3) is 0 Å². The fourth-order valence-electron chi connectivity index (χ4n) is 1.45. The van der Waals surface area contributed by atoms with Gasteiger partial charge in [0.2, 0.25) is 0 Å². The van der Waals surface area contributed by atoms with Crippen LogP contribution in [-0.2, 0) is 7.05 Å². The minimum absolute atomic E-state index is 0.127. The second kappa shape index (κ2) is 4.79. The van der Waals surface area contributed by atoms with Crippen molar-refractivity contribution in [2.24, 2.45) is 7.05 Å². The van der Waals surface area contributed by atoms with Crippen LogP contribution in [0.2, 0.25) is 6.82 Å². The number of fused-ring (bicyclic) bond motifs is 1. The number of benzene rings is 1. The first-order chi connectivity index (χ1) is 7.75. The van der Waals surface area contributed by atoms with Crippen LogP contribution in [0.3, 0.4) is 0 Å². The quantitative estimate of drug-likeness (QED) is 0.630. The highest BCUT2D eigenvalue weighted by Gasteiger charge is 2.24. The van der Waals surface area contributed by atoms with Crippen LogP contribution in [0.5, 0.6) is 11.5 Å². The summed E-state index contributed by atoms with van der Waals surface area (Å²) in [7, 11) is 1.87. The van der Waals surface area contributed by atoms with Crippen molar-refractivity contribution in [1.29, 1.82) is 0 Å². The number of rotatable bonds is 0. The van der Waals surface area contributed by atoms with Crippen LogP contribution >= 0.6 is 0 Å². The molecule has 4 heteroatoms. The maximum absolute atomic E-state index is 5.28. The molecule has 1 aromatic heterocycles. The molecule has 3 nitrogen and oxygen atoms in total. The molecular weight excluding hydrogens is 201 g/mol. The average Bonchev–Trinajstić information content (AvgIpc) is 2.86. The fraction of sp³-hybridized carbons (Fsp3) is 0.167. The summed E-state index contributed by atoms with van der Waals surface area (Å²) in [6.07, 6.45) is 4.00. The smallest absolute Gasteiger partial charge is 0.523 e. The molecule has 2 heterocycles. The van der Waals surface area contributed by atoms with E-state index in [0.717, 1.165) is 11.5 Å². The van der Waals surface area contributed by atoms with Crippen molar-refractivity contribution in [3.63, 3.8) is 0 Å². The summed E-state index contributed by atoms with van der Waals surface area (Å²) in [6, 6.07) is 11.7. The second-order valence-corrected chi connectivity index (χ2v) is 3.60. The van der Waals surface area contributed by atoms with E-state index < -0.39 is 0 Å². The predicted molar refractivity (Wildman–Crippen MR) is 64.7 cm³/mol. The van der Waals surface area contributed by atoms with Gasteiger partial charge in [-0.05, 0) is 31.1 Å². The van der Waals surface area contributed by atoms with Crippen molar-refractivity contribution < 1.29 is 9.31 Å². The molecule has 1 aromatic carbocycles. The molecule has 0 radical (unpaired) electrons. The summed E-state index contributed by atoms with van der Waals surface area (Å²) in [5.41, 5.74) is 0. The van der Waals surface area contributed by atoms with Gasteiger partial charge in [-0.2, -0.15) is 0 Å². The number of para-hydroxylation sites is 2. The highest BCUT2D eigenvalue weighted by Crippen LogP contribution is 2.32. The third-order valence-electron chi connectivity index (χ3n) is 2.19. The highest BCUT2D eigenvalue weighted by atomic mass is 16.6. The Labute approximate surface area is 95.8 Å². The standard InChI is InChI=1S/C7H7BO2.C5H7N/c1-8-9-6-4-2-3-5-7(6)10-8;1-6-4-2-3-5-6/h2-5H,1H3;2-5H,1H3. The molecule has 0 atom stereocenters. The van der Waals surface area contributed by atoms with Gasteiger partial charge < -0.3 is 13.9 Å². The molecule has 1 aliphatic heterocycles. The van der Waals surface area contributed by atoms with Gasteiger partial charge in [0.1, 0.15) is 11.5 Å². The van der Waals surface area contributed by atoms with E-state index in [2.05, 4.69) is 0 Å². The Bertz CT molecular complexity index is 417. The first-order valence-corrected chi connectivity index (χ1v) is 5.25. The topological polar surface area (TPSA) is 23.4 Å². The van der Waals surface area contributed by atoms with Gasteiger partial charge >= 0.3 is 7.12 Å². The summed E-state index contributed by atoms with van der Waals surface area (Å²) in [6.45, 7) is 1.88. The average molecular weight is 215 g/mol. The van der Waals surface area contributed by atoms with Gasteiger partial charge in [0.25, 0.3) is 0 Å². The minimum atomic E-state index is -0.127. The number of aryl methyl sites for hydroxylation is 1. The summed E-state index contributed by atoms with van der Waals surface area (Å²) < 4.78 is 12.6. The predicted octanol–water partition coefficient (Wildman–Crippen LogP) is 2.60. The molecule has 0 aliphatic carbocycles. The Morgan fingerprint density at radius 2 is 1.44 bits per heavy atom. The first-order valence-electron chi connectivity index (χ1n) is 5.25. The van der Waals surface area contributed by atoms with E-state index in [4.69, 9.17) is 9.31 Å². The molecule has 1 aliphatic rings. The van der Waals surface area contributed by atoms with Gasteiger partial charge in [-0.15, -0.1) is 0 Å². The lowest BCUT2D eigenvalue weighted by Crippen LogP contribution is -2.18. The molecule has 2 aromatic rings. The number of aromatic nitrogens is 1. The van der Waals surface area contributed by atoms with Gasteiger partial charge in [-0.3, -0.25) is 0 Å². The monoisotopic (exact) mass is 215 g/mol. The molecule has 0 amide bonds. The van der Waals surface area contributed by atoms with Crippen LogP contribution < -0.4 is 9.31 Å². The van der Waals surface area contributed by atoms with Gasteiger partial charge in [0.15, 0.2) is 0 Å². The zero-order valence-corrected chi connectivity index (χ0v) is 9.46. The third-order valence-corrected chi connectivity index (χ3v) is 2.19. The van der Waals surface area contributed by atoms with Crippen LogP contribution in [0.1, 0.15) is 0 Å². The molecule has 0 fully saturated rings. The first kappa shape index (κ1) is 10.7. The van der Waals surface area contributed by atoms with Crippen molar-refractivity contribution in [2.75, 3.05) is 0 Å². The van der Waals surface area contributed by atoms with Gasteiger partial charge in [0, 0.05) is 19.4 Å². The number of hydrogen-bond donors (Lipinski definition) is 0. The van der Waals surface area contributed by atoms with Gasteiger partial charge in [-0.25, -0.2) is 0 Å². The van der Waals surface area contributed by atoms with Crippen LogP contribution in [-0.4, -0.2) is 11.7 Å². The van der Waals surface area contributed by atoms with Crippen molar-refractivity contribution in [1.82, 2.24) is 4.57 Å². The molecule has 0 saturated carbocycles. The molecule has 16 heavy (non-hydrogen) atoms. The van der Waals surface area contributed by atoms with E-state index in [1.54, 1.807) is 0 Å². The van der Waals surface area contributed by atoms with Crippen molar-refractivity contribution in [2.45, 2.75) is 6.82 Å². The van der Waals surface area contributed by atoms with Crippen LogP contribution in [0, 0.1) is 0 Å². The van der Waals surface area contributed by atoms with E-state index in [0.29, 0.717) is 0 Å². The van der Waals surface area contributed by atoms with Crippen molar-refractivity contribution in [3.8, 4) is 11.5 Å². The SMILES string of the molecule is CB1Oc2ccccc2O1.Cn1cccc1. The largest absolute Gasteiger partial charge is 0.591 e. The van der Waals surface area contributed by atoms with E-state index in [-0.39, 0.29) is 7.12 Å².